The molecule has 3 rings (SSSR count). The predicted octanol–water partition coefficient (Wildman–Crippen LogP) is 2.08. The largest absolute Gasteiger partial charge is 0.478 e. The molecule has 0 radical (unpaired) electrons. The maximum absolute atomic E-state index is 12.3. The molecule has 1 aromatic rings. The summed E-state index contributed by atoms with van der Waals surface area (Å²) in [5.41, 5.74) is 0.968. The third kappa shape index (κ3) is 2.79. The first-order valence-corrected chi connectivity index (χ1v) is 9.40. The van der Waals surface area contributed by atoms with Crippen LogP contribution < -0.4 is 4.72 Å². The Morgan fingerprint density at radius 1 is 1.14 bits per heavy atom. The zero-order chi connectivity index (χ0) is 15.0. The Hall–Kier alpha value is -1.12. The molecular formula is C13H18N2O4S2. The lowest BCUT2D eigenvalue weighted by Crippen LogP contribution is -2.33. The minimum atomic E-state index is -3.64. The molecule has 0 bridgehead atoms. The molecule has 1 saturated heterocycles. The van der Waals surface area contributed by atoms with E-state index in [1.807, 2.05) is 0 Å². The molecule has 21 heavy (non-hydrogen) atoms. The Balaban J connectivity index is 1.95. The van der Waals surface area contributed by atoms with E-state index in [2.05, 4.69) is 4.72 Å². The molecule has 1 aliphatic heterocycles. The number of nitrogens with one attached hydrogen (secondary N) is 1. The van der Waals surface area contributed by atoms with E-state index in [-0.39, 0.29) is 10.6 Å². The summed E-state index contributed by atoms with van der Waals surface area (Å²) in [5.74, 6) is -1.05. The van der Waals surface area contributed by atoms with Gasteiger partial charge >= 0.3 is 16.2 Å². The van der Waals surface area contributed by atoms with Crippen molar-refractivity contribution in [2.24, 2.45) is 0 Å². The van der Waals surface area contributed by atoms with Crippen molar-refractivity contribution in [3.8, 4) is 0 Å². The van der Waals surface area contributed by atoms with Crippen molar-refractivity contribution in [2.75, 3.05) is 17.8 Å². The average molecular weight is 330 g/mol. The molecular weight excluding hydrogens is 312 g/mol. The van der Waals surface area contributed by atoms with E-state index < -0.39 is 16.2 Å². The third-order valence-electron chi connectivity index (χ3n) is 4.01. The lowest BCUT2D eigenvalue weighted by molar-refractivity contribution is 0.0697. The number of carbonyl (C=O) groups is 1. The number of carboxylic acid groups (broad SMARTS) is 1. The fraction of sp³-hybridized carbons (Fsp3) is 0.615. The number of thiophene rings is 1. The van der Waals surface area contributed by atoms with Gasteiger partial charge in [0, 0.05) is 18.0 Å². The van der Waals surface area contributed by atoms with Gasteiger partial charge in [0.05, 0.1) is 5.56 Å². The number of rotatable bonds is 4. The molecule has 8 heteroatoms. The van der Waals surface area contributed by atoms with Crippen LogP contribution in [0.1, 0.15) is 46.5 Å². The zero-order valence-corrected chi connectivity index (χ0v) is 13.2. The molecule has 2 N–H and O–H groups in total. The van der Waals surface area contributed by atoms with Gasteiger partial charge in [-0.2, -0.15) is 12.7 Å². The van der Waals surface area contributed by atoms with Gasteiger partial charge in [0.2, 0.25) is 0 Å². The number of anilines is 1. The van der Waals surface area contributed by atoms with Gasteiger partial charge in [-0.3, -0.25) is 4.72 Å². The topological polar surface area (TPSA) is 86.7 Å². The van der Waals surface area contributed by atoms with E-state index in [4.69, 9.17) is 0 Å². The van der Waals surface area contributed by atoms with Crippen molar-refractivity contribution in [1.29, 1.82) is 0 Å². The molecule has 116 valence electrons. The second kappa shape index (κ2) is 5.58. The van der Waals surface area contributed by atoms with E-state index in [1.165, 1.54) is 15.6 Å². The van der Waals surface area contributed by atoms with Crippen LogP contribution in [-0.2, 0) is 23.1 Å². The summed E-state index contributed by atoms with van der Waals surface area (Å²) in [6.45, 7) is 1.01. The van der Waals surface area contributed by atoms with Crippen LogP contribution in [-0.4, -0.2) is 36.9 Å². The van der Waals surface area contributed by atoms with Gasteiger partial charge in [-0.05, 0) is 44.1 Å². The second-order valence-corrected chi connectivity index (χ2v) is 8.21. The molecule has 0 atom stereocenters. The average Bonchev–Trinajstić information content (AvgIpc) is 3.05. The summed E-state index contributed by atoms with van der Waals surface area (Å²) < 4.78 is 28.5. The minimum absolute atomic E-state index is 0.150. The Labute approximate surface area is 128 Å². The molecule has 1 aliphatic carbocycles. The van der Waals surface area contributed by atoms with Crippen molar-refractivity contribution in [3.63, 3.8) is 0 Å². The smallest absolute Gasteiger partial charge is 0.339 e. The summed E-state index contributed by atoms with van der Waals surface area (Å²) in [7, 11) is -3.64. The summed E-state index contributed by atoms with van der Waals surface area (Å²) in [4.78, 5) is 12.5. The number of nitrogens with zero attached hydrogens (tertiary/aromatic N) is 1. The van der Waals surface area contributed by atoms with Gasteiger partial charge < -0.3 is 5.11 Å². The van der Waals surface area contributed by atoms with Crippen LogP contribution in [0.25, 0.3) is 0 Å². The van der Waals surface area contributed by atoms with Crippen molar-refractivity contribution < 1.29 is 18.3 Å². The van der Waals surface area contributed by atoms with Crippen LogP contribution >= 0.6 is 11.3 Å². The fourth-order valence-electron chi connectivity index (χ4n) is 2.97. The molecule has 0 amide bonds. The number of fused-ring (bicyclic) bond motifs is 1. The normalized spacial score (nSPS) is 19.4. The highest BCUT2D eigenvalue weighted by Gasteiger charge is 2.30. The number of hydrogen-bond donors (Lipinski definition) is 2. The van der Waals surface area contributed by atoms with Crippen molar-refractivity contribution in [3.05, 3.63) is 16.0 Å². The van der Waals surface area contributed by atoms with Gasteiger partial charge in [-0.1, -0.05) is 0 Å². The third-order valence-corrected chi connectivity index (χ3v) is 6.86. The first-order valence-electron chi connectivity index (χ1n) is 7.15. The zero-order valence-electron chi connectivity index (χ0n) is 11.6. The molecule has 2 heterocycles. The molecule has 1 fully saturated rings. The molecule has 2 aliphatic rings. The van der Waals surface area contributed by atoms with E-state index in [0.717, 1.165) is 49.0 Å². The molecule has 0 aromatic carbocycles. The standard InChI is InChI=1S/C13H18N2O4S2/c16-13(17)11-9-5-1-2-6-10(9)20-12(11)14-21(18,19)15-7-3-4-8-15/h14H,1-8H2,(H,16,17). The summed E-state index contributed by atoms with van der Waals surface area (Å²) >= 11 is 1.28. The number of hydrogen-bond acceptors (Lipinski definition) is 4. The Bertz CT molecular complexity index is 660. The summed E-state index contributed by atoms with van der Waals surface area (Å²) in [6.07, 6.45) is 5.26. The van der Waals surface area contributed by atoms with Crippen LogP contribution in [0.5, 0.6) is 0 Å². The minimum Gasteiger partial charge on any atom is -0.478 e. The maximum atomic E-state index is 12.3. The molecule has 0 unspecified atom stereocenters. The predicted molar refractivity (Wildman–Crippen MR) is 81.3 cm³/mol. The van der Waals surface area contributed by atoms with E-state index >= 15 is 0 Å². The van der Waals surface area contributed by atoms with Gasteiger partial charge in [-0.15, -0.1) is 11.3 Å². The van der Waals surface area contributed by atoms with Crippen molar-refractivity contribution >= 4 is 32.5 Å². The van der Waals surface area contributed by atoms with Crippen LogP contribution in [0.3, 0.4) is 0 Å². The van der Waals surface area contributed by atoms with Gasteiger partial charge in [-0.25, -0.2) is 4.79 Å². The Kier molecular flexibility index (Phi) is 3.94. The maximum Gasteiger partial charge on any atom is 0.339 e. The van der Waals surface area contributed by atoms with Crippen molar-refractivity contribution in [1.82, 2.24) is 4.31 Å². The molecule has 0 spiro atoms. The van der Waals surface area contributed by atoms with E-state index in [1.54, 1.807) is 0 Å². The number of aryl methyl sites for hydroxylation is 1. The van der Waals surface area contributed by atoms with E-state index in [9.17, 15) is 18.3 Å². The van der Waals surface area contributed by atoms with Gasteiger partial charge in [0.25, 0.3) is 0 Å². The Morgan fingerprint density at radius 2 is 1.81 bits per heavy atom. The monoisotopic (exact) mass is 330 g/mol. The van der Waals surface area contributed by atoms with E-state index in [0.29, 0.717) is 13.1 Å². The lowest BCUT2D eigenvalue weighted by atomic mass is 9.96. The van der Waals surface area contributed by atoms with Crippen LogP contribution in [0.4, 0.5) is 5.00 Å². The summed E-state index contributed by atoms with van der Waals surface area (Å²) in [6, 6.07) is 0. The lowest BCUT2D eigenvalue weighted by Gasteiger charge is -2.16. The van der Waals surface area contributed by atoms with Gasteiger partial charge in [0.1, 0.15) is 5.00 Å². The quantitative estimate of drug-likeness (QED) is 0.885. The highest BCUT2D eigenvalue weighted by Crippen LogP contribution is 2.38. The molecule has 1 aromatic heterocycles. The first kappa shape index (κ1) is 14.8. The highest BCUT2D eigenvalue weighted by atomic mass is 32.2. The van der Waals surface area contributed by atoms with Crippen LogP contribution in [0, 0.1) is 0 Å². The number of aromatic carboxylic acids is 1. The molecule has 6 nitrogen and oxygen atoms in total. The SMILES string of the molecule is O=C(O)c1c(NS(=O)(=O)N2CCCC2)sc2c1CCCC2. The van der Waals surface area contributed by atoms with Gasteiger partial charge in [0.15, 0.2) is 0 Å². The fourth-order valence-corrected chi connectivity index (χ4v) is 5.79. The van der Waals surface area contributed by atoms with Crippen molar-refractivity contribution in [2.45, 2.75) is 38.5 Å². The Morgan fingerprint density at radius 3 is 2.48 bits per heavy atom. The summed E-state index contributed by atoms with van der Waals surface area (Å²) in [5, 5.41) is 9.70. The second-order valence-electron chi connectivity index (χ2n) is 5.43. The van der Waals surface area contributed by atoms with Crippen LogP contribution in [0.15, 0.2) is 0 Å². The number of carboxylic acids is 1. The first-order chi connectivity index (χ1) is 9.99. The van der Waals surface area contributed by atoms with Crippen LogP contribution in [0.2, 0.25) is 0 Å². The highest BCUT2D eigenvalue weighted by molar-refractivity contribution is 7.90. The molecule has 0 saturated carbocycles.